The van der Waals surface area contributed by atoms with E-state index in [2.05, 4.69) is 0 Å². The van der Waals surface area contributed by atoms with Gasteiger partial charge in [0.15, 0.2) is 0 Å². The van der Waals surface area contributed by atoms with Crippen molar-refractivity contribution in [2.75, 3.05) is 19.4 Å². The number of benzene rings is 1. The van der Waals surface area contributed by atoms with Crippen molar-refractivity contribution in [1.29, 1.82) is 5.26 Å². The Kier molecular flexibility index (Phi) is 6.05. The first-order valence-electron chi connectivity index (χ1n) is 6.43. The molecule has 0 aliphatic heterocycles. The molecule has 11 heteroatoms. The number of nitriles is 1. The third-order valence-electron chi connectivity index (χ3n) is 2.66. The van der Waals surface area contributed by atoms with Gasteiger partial charge in [-0.2, -0.15) is 18.4 Å². The molecule has 6 nitrogen and oxygen atoms in total. The number of hydrogen-bond donors (Lipinski definition) is 2. The second-order valence-corrected chi connectivity index (χ2v) is 4.79. The lowest BCUT2D eigenvalue weighted by molar-refractivity contribution is -0.114. The van der Waals surface area contributed by atoms with E-state index in [9.17, 15) is 31.5 Å². The Morgan fingerprint density at radius 3 is 2.28 bits per heavy atom. The Morgan fingerprint density at radius 1 is 1.20 bits per heavy atom. The number of halogens is 5. The molecule has 3 amide bonds. The van der Waals surface area contributed by atoms with Crippen molar-refractivity contribution in [3.63, 3.8) is 0 Å². The fourth-order valence-electron chi connectivity index (χ4n) is 1.44. The van der Waals surface area contributed by atoms with E-state index in [1.165, 1.54) is 25.5 Å². The van der Waals surface area contributed by atoms with Gasteiger partial charge in [-0.1, -0.05) is 0 Å². The number of carbonyl (C=O) groups excluding carboxylic acids is 2. The molecule has 1 rings (SSSR count). The van der Waals surface area contributed by atoms with Crippen LogP contribution in [0.15, 0.2) is 23.9 Å². The van der Waals surface area contributed by atoms with Gasteiger partial charge in [-0.3, -0.25) is 4.79 Å². The van der Waals surface area contributed by atoms with Crippen molar-refractivity contribution in [1.82, 2.24) is 10.2 Å². The number of nitrogens with one attached hydrogen (secondary N) is 2. The highest BCUT2D eigenvalue weighted by Crippen LogP contribution is 2.24. The molecule has 0 aliphatic carbocycles. The summed E-state index contributed by atoms with van der Waals surface area (Å²) in [6, 6.07) is 1.14. The molecule has 1 aromatic rings. The summed E-state index contributed by atoms with van der Waals surface area (Å²) < 4.78 is 65.5. The molecule has 0 aromatic heterocycles. The predicted molar refractivity (Wildman–Crippen MR) is 76.1 cm³/mol. The third kappa shape index (κ3) is 5.45. The molecule has 0 spiro atoms. The molecule has 0 bridgehead atoms. The highest BCUT2D eigenvalue weighted by atomic mass is 19.4. The van der Waals surface area contributed by atoms with Crippen LogP contribution in [0.25, 0.3) is 0 Å². The summed E-state index contributed by atoms with van der Waals surface area (Å²) >= 11 is 0. The maximum atomic E-state index is 13.6. The first-order valence-corrected chi connectivity index (χ1v) is 6.43. The summed E-state index contributed by atoms with van der Waals surface area (Å²) in [5.41, 5.74) is -3.10. The van der Waals surface area contributed by atoms with E-state index in [0.717, 1.165) is 4.90 Å². The minimum Gasteiger partial charge on any atom is -0.331 e. The van der Waals surface area contributed by atoms with Crippen LogP contribution in [0.5, 0.6) is 0 Å². The maximum Gasteiger partial charge on any atom is 0.431 e. The van der Waals surface area contributed by atoms with E-state index in [1.54, 1.807) is 5.32 Å². The SMILES string of the molecule is CN(C)C(=O)N/C(=C\C(=O)Nc1cc(F)c(C#N)cc1F)C(F)(F)F. The predicted octanol–water partition coefficient (Wildman–Crippen LogP) is 2.49. The van der Waals surface area contributed by atoms with E-state index >= 15 is 0 Å². The van der Waals surface area contributed by atoms with Crippen LogP contribution in [-0.4, -0.2) is 37.1 Å². The van der Waals surface area contributed by atoms with Crippen LogP contribution in [-0.2, 0) is 4.79 Å². The van der Waals surface area contributed by atoms with Crippen LogP contribution in [0.2, 0.25) is 0 Å². The Hall–Kier alpha value is -3.16. The molecule has 0 atom stereocenters. The van der Waals surface area contributed by atoms with Crippen molar-refractivity contribution in [3.05, 3.63) is 41.1 Å². The highest BCUT2D eigenvalue weighted by molar-refractivity contribution is 6.00. The van der Waals surface area contributed by atoms with Gasteiger partial charge in [0.25, 0.3) is 5.91 Å². The summed E-state index contributed by atoms with van der Waals surface area (Å²) in [6.45, 7) is 0. The summed E-state index contributed by atoms with van der Waals surface area (Å²) in [7, 11) is 2.36. The fourth-order valence-corrected chi connectivity index (χ4v) is 1.44. The third-order valence-corrected chi connectivity index (χ3v) is 2.66. The number of hydrogen-bond acceptors (Lipinski definition) is 3. The first-order chi connectivity index (χ1) is 11.5. The number of amides is 3. The summed E-state index contributed by atoms with van der Waals surface area (Å²) in [6.07, 6.45) is -5.09. The zero-order chi connectivity index (χ0) is 19.4. The van der Waals surface area contributed by atoms with Crippen LogP contribution in [0.3, 0.4) is 0 Å². The Morgan fingerprint density at radius 2 is 1.80 bits per heavy atom. The van der Waals surface area contributed by atoms with Crippen LogP contribution >= 0.6 is 0 Å². The summed E-state index contributed by atoms with van der Waals surface area (Å²) in [4.78, 5) is 23.7. The molecule has 1 aromatic carbocycles. The molecule has 0 radical (unpaired) electrons. The molecule has 0 unspecified atom stereocenters. The number of rotatable bonds is 3. The van der Waals surface area contributed by atoms with Crippen molar-refractivity contribution in [2.24, 2.45) is 0 Å². The smallest absolute Gasteiger partial charge is 0.331 e. The minimum atomic E-state index is -5.07. The van der Waals surface area contributed by atoms with Crippen LogP contribution in [0.4, 0.5) is 32.4 Å². The number of carbonyl (C=O) groups is 2. The monoisotopic (exact) mass is 362 g/mol. The summed E-state index contributed by atoms with van der Waals surface area (Å²) in [5, 5.41) is 11.7. The normalized spacial score (nSPS) is 11.5. The van der Waals surface area contributed by atoms with Gasteiger partial charge >= 0.3 is 12.2 Å². The molecular weight excluding hydrogens is 351 g/mol. The molecule has 0 saturated heterocycles. The van der Waals surface area contributed by atoms with Crippen LogP contribution < -0.4 is 10.6 Å². The van der Waals surface area contributed by atoms with Crippen molar-refractivity contribution in [3.8, 4) is 6.07 Å². The van der Waals surface area contributed by atoms with Crippen molar-refractivity contribution >= 4 is 17.6 Å². The average molecular weight is 362 g/mol. The van der Waals surface area contributed by atoms with Gasteiger partial charge < -0.3 is 15.5 Å². The standard InChI is InChI=1S/C14H11F5N4O2/c1-23(2)13(25)22-11(14(17,18)19)5-12(24)21-10-4-8(15)7(6-20)3-9(10)16/h3-5H,1-2H3,(H,21,24)(H,22,25)/b11-5-. The molecule has 0 saturated carbocycles. The quantitative estimate of drug-likeness (QED) is 0.640. The molecule has 0 aliphatic rings. The Bertz CT molecular complexity index is 766. The number of anilines is 1. The minimum absolute atomic E-state index is 0.0169. The number of alkyl halides is 3. The highest BCUT2D eigenvalue weighted by Gasteiger charge is 2.36. The van der Waals surface area contributed by atoms with Gasteiger partial charge in [-0.05, 0) is 6.07 Å². The maximum absolute atomic E-state index is 13.6. The van der Waals surface area contributed by atoms with E-state index in [1.807, 2.05) is 0 Å². The van der Waals surface area contributed by atoms with E-state index in [-0.39, 0.29) is 6.08 Å². The van der Waals surface area contributed by atoms with Gasteiger partial charge in [0.2, 0.25) is 0 Å². The lowest BCUT2D eigenvalue weighted by atomic mass is 10.2. The summed E-state index contributed by atoms with van der Waals surface area (Å²) in [5.74, 6) is -3.85. The number of allylic oxidation sites excluding steroid dienone is 1. The van der Waals surface area contributed by atoms with Crippen LogP contribution in [0, 0.1) is 23.0 Å². The molecule has 25 heavy (non-hydrogen) atoms. The lowest BCUT2D eigenvalue weighted by Gasteiger charge is -2.16. The molecular formula is C14H11F5N4O2. The van der Waals surface area contributed by atoms with E-state index < -0.39 is 46.7 Å². The van der Waals surface area contributed by atoms with Gasteiger partial charge in [-0.15, -0.1) is 0 Å². The Labute approximate surface area is 138 Å². The van der Waals surface area contributed by atoms with E-state index in [0.29, 0.717) is 12.1 Å². The van der Waals surface area contributed by atoms with Crippen molar-refractivity contribution in [2.45, 2.75) is 6.18 Å². The number of nitrogens with zero attached hydrogens (tertiary/aromatic N) is 2. The molecule has 134 valence electrons. The molecule has 0 fully saturated rings. The van der Waals surface area contributed by atoms with Gasteiger partial charge in [0, 0.05) is 26.2 Å². The second-order valence-electron chi connectivity index (χ2n) is 4.79. The molecule has 0 heterocycles. The first kappa shape index (κ1) is 19.9. The Balaban J connectivity index is 3.08. The van der Waals surface area contributed by atoms with Gasteiger partial charge in [-0.25, -0.2) is 13.6 Å². The lowest BCUT2D eigenvalue weighted by Crippen LogP contribution is -2.39. The zero-order valence-electron chi connectivity index (χ0n) is 12.8. The largest absolute Gasteiger partial charge is 0.431 e. The van der Waals surface area contributed by atoms with Crippen molar-refractivity contribution < 1.29 is 31.5 Å². The average Bonchev–Trinajstić information content (AvgIpc) is 2.48. The van der Waals surface area contributed by atoms with Gasteiger partial charge in [0.05, 0.1) is 11.3 Å². The van der Waals surface area contributed by atoms with Gasteiger partial charge in [0.1, 0.15) is 23.4 Å². The fraction of sp³-hybridized carbons (Fsp3) is 0.214. The van der Waals surface area contributed by atoms with Crippen LogP contribution in [0.1, 0.15) is 5.56 Å². The van der Waals surface area contributed by atoms with E-state index in [4.69, 9.17) is 5.26 Å². The zero-order valence-corrected chi connectivity index (χ0v) is 12.8. The topological polar surface area (TPSA) is 85.2 Å². The molecule has 2 N–H and O–H groups in total. The number of urea groups is 1. The second kappa shape index (κ2) is 7.61.